The van der Waals surface area contributed by atoms with E-state index in [4.69, 9.17) is 0 Å². The third kappa shape index (κ3) is 2.24. The summed E-state index contributed by atoms with van der Waals surface area (Å²) in [6.45, 7) is 1.34. The lowest BCUT2D eigenvalue weighted by Crippen LogP contribution is -2.11. The van der Waals surface area contributed by atoms with Gasteiger partial charge in [0.1, 0.15) is 6.10 Å². The molecule has 0 radical (unpaired) electrons. The number of aromatic amines is 1. The largest absolute Gasteiger partial charge is 0.416 e. The molecule has 1 aromatic heterocycles. The molecule has 2 aromatic rings. The van der Waals surface area contributed by atoms with Crippen molar-refractivity contribution >= 4 is 0 Å². The number of hydrogen-bond donors (Lipinski definition) is 2. The van der Waals surface area contributed by atoms with E-state index in [9.17, 15) is 18.3 Å². The molecule has 1 unspecified atom stereocenters. The van der Waals surface area contributed by atoms with Crippen molar-refractivity contribution < 1.29 is 18.3 Å². The SMILES string of the molecule is Cc1c(C(O)c2cnc[nH]2)cccc1C(F)(F)F. The van der Waals surface area contributed by atoms with Crippen LogP contribution in [0.15, 0.2) is 30.7 Å². The van der Waals surface area contributed by atoms with Crippen LogP contribution in [0.3, 0.4) is 0 Å². The smallest absolute Gasteiger partial charge is 0.382 e. The van der Waals surface area contributed by atoms with Crippen LogP contribution in [-0.2, 0) is 6.18 Å². The minimum Gasteiger partial charge on any atom is -0.382 e. The molecule has 1 atom stereocenters. The number of aromatic nitrogens is 2. The Hall–Kier alpha value is -1.82. The van der Waals surface area contributed by atoms with Crippen LogP contribution in [0.2, 0.25) is 0 Å². The number of aliphatic hydroxyl groups excluding tert-OH is 1. The highest BCUT2D eigenvalue weighted by Crippen LogP contribution is 2.35. The number of nitrogens with zero attached hydrogens (tertiary/aromatic N) is 1. The first-order chi connectivity index (χ1) is 8.41. The second-order valence-corrected chi connectivity index (χ2v) is 3.93. The molecular formula is C12H11F3N2O. The minimum atomic E-state index is -4.42. The maximum absolute atomic E-state index is 12.7. The van der Waals surface area contributed by atoms with Crippen LogP contribution in [0, 0.1) is 6.92 Å². The van der Waals surface area contributed by atoms with Crippen LogP contribution in [0.1, 0.15) is 28.5 Å². The van der Waals surface area contributed by atoms with E-state index in [1.54, 1.807) is 0 Å². The van der Waals surface area contributed by atoms with E-state index in [1.165, 1.54) is 31.6 Å². The van der Waals surface area contributed by atoms with Crippen LogP contribution in [-0.4, -0.2) is 15.1 Å². The second-order valence-electron chi connectivity index (χ2n) is 3.93. The zero-order valence-electron chi connectivity index (χ0n) is 9.49. The summed E-state index contributed by atoms with van der Waals surface area (Å²) in [7, 11) is 0. The molecule has 6 heteroatoms. The number of nitrogens with one attached hydrogen (secondary N) is 1. The zero-order valence-corrected chi connectivity index (χ0v) is 9.49. The van der Waals surface area contributed by atoms with E-state index in [0.717, 1.165) is 6.07 Å². The molecular weight excluding hydrogens is 245 g/mol. The third-order valence-corrected chi connectivity index (χ3v) is 2.79. The Morgan fingerprint density at radius 3 is 2.61 bits per heavy atom. The standard InChI is InChI=1S/C12H11F3N2O/c1-7-8(11(18)10-5-16-6-17-10)3-2-4-9(7)12(13,14)15/h2-6,11,18H,1H3,(H,16,17). The summed E-state index contributed by atoms with van der Waals surface area (Å²) < 4.78 is 38.2. The second kappa shape index (κ2) is 4.45. The monoisotopic (exact) mass is 256 g/mol. The van der Waals surface area contributed by atoms with E-state index in [1.807, 2.05) is 0 Å². The molecule has 0 saturated carbocycles. The Kier molecular flexibility index (Phi) is 3.13. The summed E-state index contributed by atoms with van der Waals surface area (Å²) in [4.78, 5) is 6.41. The van der Waals surface area contributed by atoms with Crippen LogP contribution < -0.4 is 0 Å². The van der Waals surface area contributed by atoms with E-state index in [2.05, 4.69) is 9.97 Å². The van der Waals surface area contributed by atoms with Gasteiger partial charge in [-0.3, -0.25) is 0 Å². The van der Waals surface area contributed by atoms with Gasteiger partial charge in [0, 0.05) is 0 Å². The van der Waals surface area contributed by atoms with Gasteiger partial charge >= 0.3 is 6.18 Å². The molecule has 0 fully saturated rings. The molecule has 18 heavy (non-hydrogen) atoms. The first-order valence-corrected chi connectivity index (χ1v) is 5.24. The highest BCUT2D eigenvalue weighted by molar-refractivity contribution is 5.39. The number of H-pyrrole nitrogens is 1. The van der Waals surface area contributed by atoms with Crippen molar-refractivity contribution in [1.29, 1.82) is 0 Å². The molecule has 0 saturated heterocycles. The average Bonchev–Trinajstić information content (AvgIpc) is 2.80. The minimum absolute atomic E-state index is 0.0205. The Labute approximate surface area is 101 Å². The highest BCUT2D eigenvalue weighted by atomic mass is 19.4. The zero-order chi connectivity index (χ0) is 13.3. The lowest BCUT2D eigenvalue weighted by molar-refractivity contribution is -0.138. The van der Waals surface area contributed by atoms with Gasteiger partial charge in [0.15, 0.2) is 0 Å². The van der Waals surface area contributed by atoms with Gasteiger partial charge in [-0.25, -0.2) is 4.98 Å². The van der Waals surface area contributed by atoms with Gasteiger partial charge < -0.3 is 10.1 Å². The summed E-state index contributed by atoms with van der Waals surface area (Å²) in [6, 6.07) is 3.75. The molecule has 1 heterocycles. The fraction of sp³-hybridized carbons (Fsp3) is 0.250. The fourth-order valence-corrected chi connectivity index (χ4v) is 1.84. The molecule has 3 nitrogen and oxygen atoms in total. The predicted octanol–water partition coefficient (Wildman–Crippen LogP) is 2.82. The molecule has 2 rings (SSSR count). The normalized spacial score (nSPS) is 13.6. The highest BCUT2D eigenvalue weighted by Gasteiger charge is 2.33. The Bertz CT molecular complexity index is 535. The van der Waals surface area contributed by atoms with Gasteiger partial charge in [0.25, 0.3) is 0 Å². The van der Waals surface area contributed by atoms with Gasteiger partial charge in [0.2, 0.25) is 0 Å². The number of aliphatic hydroxyl groups is 1. The molecule has 0 aliphatic heterocycles. The topological polar surface area (TPSA) is 48.9 Å². The summed E-state index contributed by atoms with van der Waals surface area (Å²) in [5, 5.41) is 10.0. The first kappa shape index (κ1) is 12.6. The summed E-state index contributed by atoms with van der Waals surface area (Å²) in [5.74, 6) is 0. The number of hydrogen-bond acceptors (Lipinski definition) is 2. The molecule has 1 aromatic carbocycles. The maximum atomic E-state index is 12.7. The van der Waals surface area contributed by atoms with Crippen LogP contribution in [0.4, 0.5) is 13.2 Å². The first-order valence-electron chi connectivity index (χ1n) is 5.24. The fourth-order valence-electron chi connectivity index (χ4n) is 1.84. The average molecular weight is 256 g/mol. The molecule has 0 aliphatic rings. The van der Waals surface area contributed by atoms with Gasteiger partial charge in [-0.15, -0.1) is 0 Å². The van der Waals surface area contributed by atoms with Crippen molar-refractivity contribution in [2.45, 2.75) is 19.2 Å². The molecule has 0 spiro atoms. The van der Waals surface area contributed by atoms with Crippen molar-refractivity contribution in [3.8, 4) is 0 Å². The van der Waals surface area contributed by atoms with Crippen LogP contribution >= 0.6 is 0 Å². The van der Waals surface area contributed by atoms with Gasteiger partial charge in [-0.1, -0.05) is 12.1 Å². The van der Waals surface area contributed by atoms with Crippen LogP contribution in [0.25, 0.3) is 0 Å². The number of alkyl halides is 3. The Morgan fingerprint density at radius 2 is 2.06 bits per heavy atom. The number of rotatable bonds is 2. The Balaban J connectivity index is 2.47. The molecule has 2 N–H and O–H groups in total. The molecule has 0 bridgehead atoms. The van der Waals surface area contributed by atoms with Gasteiger partial charge in [-0.2, -0.15) is 13.2 Å². The molecule has 96 valence electrons. The number of halogens is 3. The van der Waals surface area contributed by atoms with Crippen molar-refractivity contribution in [2.24, 2.45) is 0 Å². The van der Waals surface area contributed by atoms with Crippen molar-refractivity contribution in [3.63, 3.8) is 0 Å². The molecule has 0 amide bonds. The van der Waals surface area contributed by atoms with E-state index >= 15 is 0 Å². The summed E-state index contributed by atoms with van der Waals surface area (Å²) in [5.41, 5.74) is -0.142. The third-order valence-electron chi connectivity index (χ3n) is 2.79. The maximum Gasteiger partial charge on any atom is 0.416 e. The van der Waals surface area contributed by atoms with Crippen molar-refractivity contribution in [1.82, 2.24) is 9.97 Å². The summed E-state index contributed by atoms with van der Waals surface area (Å²) >= 11 is 0. The van der Waals surface area contributed by atoms with Gasteiger partial charge in [0.05, 0.1) is 23.8 Å². The molecule has 0 aliphatic carbocycles. The summed E-state index contributed by atoms with van der Waals surface area (Å²) in [6.07, 6.45) is -2.82. The van der Waals surface area contributed by atoms with Crippen LogP contribution in [0.5, 0.6) is 0 Å². The van der Waals surface area contributed by atoms with E-state index in [-0.39, 0.29) is 11.1 Å². The quantitative estimate of drug-likeness (QED) is 0.868. The van der Waals surface area contributed by atoms with E-state index < -0.39 is 17.8 Å². The van der Waals surface area contributed by atoms with Crippen molar-refractivity contribution in [2.75, 3.05) is 0 Å². The predicted molar refractivity (Wildman–Crippen MR) is 58.8 cm³/mol. The number of benzene rings is 1. The van der Waals surface area contributed by atoms with E-state index in [0.29, 0.717) is 5.69 Å². The lowest BCUT2D eigenvalue weighted by atomic mass is 9.97. The Morgan fingerprint density at radius 1 is 1.33 bits per heavy atom. The number of imidazole rings is 1. The van der Waals surface area contributed by atoms with Crippen molar-refractivity contribution in [3.05, 3.63) is 53.1 Å². The lowest BCUT2D eigenvalue weighted by Gasteiger charge is -2.17. The van der Waals surface area contributed by atoms with Gasteiger partial charge in [-0.05, 0) is 24.1 Å².